The van der Waals surface area contributed by atoms with Crippen LogP contribution in [0.2, 0.25) is 0 Å². The van der Waals surface area contributed by atoms with Gasteiger partial charge in [-0.25, -0.2) is 0 Å². The van der Waals surface area contributed by atoms with E-state index >= 15 is 0 Å². The molecule has 1 aliphatic rings. The molecule has 0 bridgehead atoms. The van der Waals surface area contributed by atoms with Crippen LogP contribution in [0.4, 0.5) is 0 Å². The second kappa shape index (κ2) is 3.72. The Labute approximate surface area is 83.9 Å². The van der Waals surface area contributed by atoms with Crippen LogP contribution in [0.5, 0.6) is 0 Å². The standard InChI is InChI=1S/C11H15NS/c1-8-5-3-4-6-9(8)11-10(12-2)7-13-11/h3-6,10-12H,7H2,1-2H3. The van der Waals surface area contributed by atoms with Crippen molar-refractivity contribution >= 4 is 11.8 Å². The van der Waals surface area contributed by atoms with Crippen LogP contribution in [0, 0.1) is 6.92 Å². The first-order valence-electron chi connectivity index (χ1n) is 4.67. The molecular formula is C11H15NS. The predicted molar refractivity (Wildman–Crippen MR) is 59.2 cm³/mol. The van der Waals surface area contributed by atoms with Gasteiger partial charge in [-0.1, -0.05) is 24.3 Å². The molecular weight excluding hydrogens is 178 g/mol. The molecule has 0 amide bonds. The molecule has 1 aromatic carbocycles. The Morgan fingerprint density at radius 2 is 2.15 bits per heavy atom. The Morgan fingerprint density at radius 1 is 1.38 bits per heavy atom. The first kappa shape index (κ1) is 9.10. The highest BCUT2D eigenvalue weighted by molar-refractivity contribution is 8.01. The number of hydrogen-bond donors (Lipinski definition) is 1. The van der Waals surface area contributed by atoms with E-state index in [0.717, 1.165) is 0 Å². The SMILES string of the molecule is CNC1CSC1c1ccccc1C. The van der Waals surface area contributed by atoms with Crippen molar-refractivity contribution < 1.29 is 0 Å². The van der Waals surface area contributed by atoms with Crippen LogP contribution in [0.25, 0.3) is 0 Å². The maximum atomic E-state index is 3.36. The highest BCUT2D eigenvalue weighted by Gasteiger charge is 2.32. The van der Waals surface area contributed by atoms with Crippen molar-refractivity contribution in [2.24, 2.45) is 0 Å². The maximum absolute atomic E-state index is 3.36. The summed E-state index contributed by atoms with van der Waals surface area (Å²) in [6.45, 7) is 2.20. The van der Waals surface area contributed by atoms with Gasteiger partial charge in [-0.2, -0.15) is 11.8 Å². The van der Waals surface area contributed by atoms with Crippen molar-refractivity contribution in [1.29, 1.82) is 0 Å². The van der Waals surface area contributed by atoms with Crippen molar-refractivity contribution in [2.75, 3.05) is 12.8 Å². The monoisotopic (exact) mass is 193 g/mol. The van der Waals surface area contributed by atoms with Crippen LogP contribution >= 0.6 is 11.8 Å². The molecule has 2 atom stereocenters. The molecule has 1 aliphatic heterocycles. The van der Waals surface area contributed by atoms with E-state index in [-0.39, 0.29) is 0 Å². The Bertz CT molecular complexity index is 296. The van der Waals surface area contributed by atoms with Gasteiger partial charge < -0.3 is 5.32 Å². The smallest absolute Gasteiger partial charge is 0.0461 e. The molecule has 0 aromatic heterocycles. The zero-order chi connectivity index (χ0) is 9.26. The van der Waals surface area contributed by atoms with E-state index in [1.54, 1.807) is 0 Å². The van der Waals surface area contributed by atoms with Crippen LogP contribution < -0.4 is 5.32 Å². The molecule has 0 aliphatic carbocycles. The van der Waals surface area contributed by atoms with Crippen molar-refractivity contribution in [3.05, 3.63) is 35.4 Å². The summed E-state index contributed by atoms with van der Waals surface area (Å²) >= 11 is 2.04. The number of hydrogen-bond acceptors (Lipinski definition) is 2. The topological polar surface area (TPSA) is 12.0 Å². The van der Waals surface area contributed by atoms with Crippen LogP contribution in [0.3, 0.4) is 0 Å². The van der Waals surface area contributed by atoms with E-state index in [9.17, 15) is 0 Å². The summed E-state index contributed by atoms with van der Waals surface area (Å²) < 4.78 is 0. The van der Waals surface area contributed by atoms with Crippen LogP contribution in [0.15, 0.2) is 24.3 Å². The van der Waals surface area contributed by atoms with E-state index in [2.05, 4.69) is 43.6 Å². The summed E-state index contributed by atoms with van der Waals surface area (Å²) in [4.78, 5) is 0. The quantitative estimate of drug-likeness (QED) is 0.774. The Kier molecular flexibility index (Phi) is 2.61. The van der Waals surface area contributed by atoms with Crippen molar-refractivity contribution in [3.8, 4) is 0 Å². The molecule has 1 nitrogen and oxygen atoms in total. The van der Waals surface area contributed by atoms with E-state index in [1.165, 1.54) is 16.9 Å². The minimum Gasteiger partial charge on any atom is -0.315 e. The van der Waals surface area contributed by atoms with Crippen molar-refractivity contribution in [1.82, 2.24) is 5.32 Å². The van der Waals surface area contributed by atoms with Crippen molar-refractivity contribution in [2.45, 2.75) is 18.2 Å². The summed E-state index contributed by atoms with van der Waals surface area (Å²) in [7, 11) is 2.05. The van der Waals surface area contributed by atoms with Gasteiger partial charge in [0.2, 0.25) is 0 Å². The van der Waals surface area contributed by atoms with Gasteiger partial charge in [0.05, 0.1) is 0 Å². The van der Waals surface area contributed by atoms with E-state index in [4.69, 9.17) is 0 Å². The molecule has 1 N–H and O–H groups in total. The van der Waals surface area contributed by atoms with Gasteiger partial charge in [-0.05, 0) is 25.1 Å². The van der Waals surface area contributed by atoms with Crippen LogP contribution in [-0.2, 0) is 0 Å². The molecule has 1 fully saturated rings. The van der Waals surface area contributed by atoms with E-state index in [1.807, 2.05) is 11.8 Å². The molecule has 2 rings (SSSR count). The zero-order valence-corrected chi connectivity index (χ0v) is 8.90. The number of nitrogens with one attached hydrogen (secondary N) is 1. The molecule has 2 unspecified atom stereocenters. The average Bonchev–Trinajstić information content (AvgIpc) is 2.08. The first-order chi connectivity index (χ1) is 6.33. The molecule has 13 heavy (non-hydrogen) atoms. The molecule has 2 heteroatoms. The summed E-state index contributed by atoms with van der Waals surface area (Å²) in [5, 5.41) is 4.03. The summed E-state index contributed by atoms with van der Waals surface area (Å²) in [6, 6.07) is 9.35. The van der Waals surface area contributed by atoms with Crippen LogP contribution in [0.1, 0.15) is 16.4 Å². The fourth-order valence-corrected chi connectivity index (χ4v) is 3.06. The third-order valence-corrected chi connectivity index (χ3v) is 4.18. The van der Waals surface area contributed by atoms with Gasteiger partial charge in [0.1, 0.15) is 0 Å². The van der Waals surface area contributed by atoms with Gasteiger partial charge in [0, 0.05) is 17.0 Å². The molecule has 70 valence electrons. The highest BCUT2D eigenvalue weighted by atomic mass is 32.2. The first-order valence-corrected chi connectivity index (χ1v) is 5.72. The summed E-state index contributed by atoms with van der Waals surface area (Å²) in [5.74, 6) is 1.25. The molecule has 0 spiro atoms. The minimum absolute atomic E-state index is 0.672. The number of likely N-dealkylation sites (N-methyl/N-ethyl adjacent to an activating group) is 1. The lowest BCUT2D eigenvalue weighted by Gasteiger charge is -2.36. The third kappa shape index (κ3) is 1.61. The molecule has 0 saturated carbocycles. The lowest BCUT2D eigenvalue weighted by molar-refractivity contribution is 0.571. The molecule has 0 radical (unpaired) electrons. The van der Waals surface area contributed by atoms with Gasteiger partial charge in [0.15, 0.2) is 0 Å². The zero-order valence-electron chi connectivity index (χ0n) is 8.08. The van der Waals surface area contributed by atoms with Crippen LogP contribution in [-0.4, -0.2) is 18.8 Å². The number of aryl methyl sites for hydroxylation is 1. The van der Waals surface area contributed by atoms with Gasteiger partial charge in [0.25, 0.3) is 0 Å². The molecule has 1 heterocycles. The third-order valence-electron chi connectivity index (χ3n) is 2.69. The number of rotatable bonds is 2. The summed E-state index contributed by atoms with van der Waals surface area (Å²) in [5.41, 5.74) is 2.91. The number of benzene rings is 1. The predicted octanol–water partition coefficient (Wildman–Crippen LogP) is 2.37. The Morgan fingerprint density at radius 3 is 2.69 bits per heavy atom. The second-order valence-corrected chi connectivity index (χ2v) is 4.68. The number of thioether (sulfide) groups is 1. The molecule has 1 saturated heterocycles. The normalized spacial score (nSPS) is 26.9. The Balaban J connectivity index is 2.21. The lowest BCUT2D eigenvalue weighted by atomic mass is 10.0. The fraction of sp³-hybridized carbons (Fsp3) is 0.455. The highest BCUT2D eigenvalue weighted by Crippen LogP contribution is 2.43. The van der Waals surface area contributed by atoms with Gasteiger partial charge in [-0.15, -0.1) is 0 Å². The van der Waals surface area contributed by atoms with Gasteiger partial charge >= 0.3 is 0 Å². The maximum Gasteiger partial charge on any atom is 0.0461 e. The second-order valence-electron chi connectivity index (χ2n) is 3.51. The largest absolute Gasteiger partial charge is 0.315 e. The summed E-state index contributed by atoms with van der Waals surface area (Å²) in [6.07, 6.45) is 0. The van der Waals surface area contributed by atoms with Crippen molar-refractivity contribution in [3.63, 3.8) is 0 Å². The van der Waals surface area contributed by atoms with Gasteiger partial charge in [-0.3, -0.25) is 0 Å². The fourth-order valence-electron chi connectivity index (χ4n) is 1.74. The molecule has 1 aromatic rings. The van der Waals surface area contributed by atoms with E-state index in [0.29, 0.717) is 11.3 Å². The van der Waals surface area contributed by atoms with E-state index < -0.39 is 0 Å². The average molecular weight is 193 g/mol. The lowest BCUT2D eigenvalue weighted by Crippen LogP contribution is -2.40. The minimum atomic E-state index is 0.672. The Hall–Kier alpha value is -0.470.